The summed E-state index contributed by atoms with van der Waals surface area (Å²) >= 11 is 0. The number of hydrogen-bond acceptors (Lipinski definition) is 2. The molecule has 1 unspecified atom stereocenters. The van der Waals surface area contributed by atoms with E-state index in [0.717, 1.165) is 19.4 Å². The van der Waals surface area contributed by atoms with Gasteiger partial charge in [-0.15, -0.1) is 0 Å². The van der Waals surface area contributed by atoms with Gasteiger partial charge < -0.3 is 5.32 Å². The zero-order chi connectivity index (χ0) is 15.2. The van der Waals surface area contributed by atoms with Crippen LogP contribution in [0, 0.1) is 0 Å². The predicted octanol–water partition coefficient (Wildman–Crippen LogP) is 4.57. The van der Waals surface area contributed by atoms with Crippen LogP contribution in [0.4, 0.5) is 0 Å². The number of nitrogens with one attached hydrogen (secondary N) is 1. The summed E-state index contributed by atoms with van der Waals surface area (Å²) in [4.78, 5) is 0. The highest BCUT2D eigenvalue weighted by molar-refractivity contribution is 5.30. The Balaban J connectivity index is 2.36. The SMILES string of the molecule is CCNC(C)c1c(CC)nn(C2CCCCCC2)c1CC. The van der Waals surface area contributed by atoms with E-state index in [4.69, 9.17) is 5.10 Å². The fourth-order valence-corrected chi connectivity index (χ4v) is 3.86. The van der Waals surface area contributed by atoms with Crippen LogP contribution in [0.3, 0.4) is 0 Å². The molecule has 1 saturated carbocycles. The highest BCUT2D eigenvalue weighted by Gasteiger charge is 2.24. The molecule has 1 atom stereocenters. The summed E-state index contributed by atoms with van der Waals surface area (Å²) in [6.45, 7) is 10.0. The Bertz CT molecular complexity index is 428. The summed E-state index contributed by atoms with van der Waals surface area (Å²) in [6.07, 6.45) is 10.3. The van der Waals surface area contributed by atoms with E-state index in [0.29, 0.717) is 12.1 Å². The molecule has 3 heteroatoms. The smallest absolute Gasteiger partial charge is 0.0672 e. The molecule has 1 fully saturated rings. The second kappa shape index (κ2) is 7.98. The van der Waals surface area contributed by atoms with Gasteiger partial charge in [0.1, 0.15) is 0 Å². The summed E-state index contributed by atoms with van der Waals surface area (Å²) < 4.78 is 2.41. The number of hydrogen-bond donors (Lipinski definition) is 1. The van der Waals surface area contributed by atoms with E-state index in [1.165, 1.54) is 55.5 Å². The minimum Gasteiger partial charge on any atom is -0.310 e. The van der Waals surface area contributed by atoms with Gasteiger partial charge in [0.25, 0.3) is 0 Å². The zero-order valence-corrected chi connectivity index (χ0v) is 14.4. The molecule has 2 rings (SSSR count). The molecule has 1 aliphatic carbocycles. The van der Waals surface area contributed by atoms with Crippen molar-refractivity contribution in [1.29, 1.82) is 0 Å². The molecule has 120 valence electrons. The van der Waals surface area contributed by atoms with Gasteiger partial charge in [-0.25, -0.2) is 0 Å². The van der Waals surface area contributed by atoms with Crippen LogP contribution in [-0.4, -0.2) is 16.3 Å². The molecule has 1 N–H and O–H groups in total. The fraction of sp³-hybridized carbons (Fsp3) is 0.833. The number of aromatic nitrogens is 2. The van der Waals surface area contributed by atoms with E-state index < -0.39 is 0 Å². The monoisotopic (exact) mass is 291 g/mol. The summed E-state index contributed by atoms with van der Waals surface area (Å²) in [6, 6.07) is 1.05. The van der Waals surface area contributed by atoms with Crippen LogP contribution in [0.25, 0.3) is 0 Å². The molecule has 0 amide bonds. The number of nitrogens with zero attached hydrogens (tertiary/aromatic N) is 2. The quantitative estimate of drug-likeness (QED) is 0.778. The zero-order valence-electron chi connectivity index (χ0n) is 14.4. The van der Waals surface area contributed by atoms with Crippen molar-refractivity contribution in [3.63, 3.8) is 0 Å². The van der Waals surface area contributed by atoms with Crippen LogP contribution < -0.4 is 5.32 Å². The third-order valence-electron chi connectivity index (χ3n) is 4.91. The second-order valence-electron chi connectivity index (χ2n) is 6.38. The van der Waals surface area contributed by atoms with E-state index in [9.17, 15) is 0 Å². The van der Waals surface area contributed by atoms with Crippen molar-refractivity contribution in [3.05, 3.63) is 17.0 Å². The Morgan fingerprint density at radius 3 is 2.29 bits per heavy atom. The van der Waals surface area contributed by atoms with Crippen LogP contribution in [0.2, 0.25) is 0 Å². The number of rotatable bonds is 6. The first-order valence-electron chi connectivity index (χ1n) is 9.06. The number of aryl methyl sites for hydroxylation is 1. The van der Waals surface area contributed by atoms with Gasteiger partial charge in [-0.05, 0) is 39.2 Å². The lowest BCUT2D eigenvalue weighted by Gasteiger charge is -2.20. The topological polar surface area (TPSA) is 29.9 Å². The van der Waals surface area contributed by atoms with E-state index >= 15 is 0 Å². The van der Waals surface area contributed by atoms with E-state index in [2.05, 4.69) is 37.7 Å². The lowest BCUT2D eigenvalue weighted by Crippen LogP contribution is -2.20. The van der Waals surface area contributed by atoms with Crippen LogP contribution in [-0.2, 0) is 12.8 Å². The Labute approximate surface area is 130 Å². The maximum absolute atomic E-state index is 5.04. The molecule has 1 aliphatic rings. The van der Waals surface area contributed by atoms with Gasteiger partial charge in [0.05, 0.1) is 11.7 Å². The molecular formula is C18H33N3. The normalized spacial score (nSPS) is 18.7. The Morgan fingerprint density at radius 1 is 1.10 bits per heavy atom. The molecule has 1 aromatic rings. The summed E-state index contributed by atoms with van der Waals surface area (Å²) in [7, 11) is 0. The van der Waals surface area contributed by atoms with Gasteiger partial charge in [-0.3, -0.25) is 4.68 Å². The highest BCUT2D eigenvalue weighted by Crippen LogP contribution is 2.32. The Kier molecular flexibility index (Phi) is 6.28. The van der Waals surface area contributed by atoms with Crippen LogP contribution in [0.5, 0.6) is 0 Å². The maximum atomic E-state index is 5.04. The highest BCUT2D eigenvalue weighted by atomic mass is 15.3. The average molecular weight is 291 g/mol. The van der Waals surface area contributed by atoms with Gasteiger partial charge in [0.15, 0.2) is 0 Å². The average Bonchev–Trinajstić information content (AvgIpc) is 2.66. The first-order valence-corrected chi connectivity index (χ1v) is 9.06. The van der Waals surface area contributed by atoms with E-state index in [-0.39, 0.29) is 0 Å². The third-order valence-corrected chi connectivity index (χ3v) is 4.91. The lowest BCUT2D eigenvalue weighted by atomic mass is 10.0. The van der Waals surface area contributed by atoms with E-state index in [1.54, 1.807) is 0 Å². The van der Waals surface area contributed by atoms with Gasteiger partial charge in [0.2, 0.25) is 0 Å². The summed E-state index contributed by atoms with van der Waals surface area (Å²) in [5.74, 6) is 0. The molecule has 0 bridgehead atoms. The maximum Gasteiger partial charge on any atom is 0.0672 e. The van der Waals surface area contributed by atoms with Crippen molar-refractivity contribution in [3.8, 4) is 0 Å². The summed E-state index contributed by atoms with van der Waals surface area (Å²) in [5, 5.41) is 8.63. The lowest BCUT2D eigenvalue weighted by molar-refractivity contribution is 0.391. The molecule has 1 heterocycles. The van der Waals surface area contributed by atoms with Gasteiger partial charge in [0, 0.05) is 17.3 Å². The molecule has 3 nitrogen and oxygen atoms in total. The van der Waals surface area contributed by atoms with Crippen molar-refractivity contribution in [2.45, 2.75) is 91.1 Å². The van der Waals surface area contributed by atoms with Gasteiger partial charge in [-0.2, -0.15) is 5.10 Å². The predicted molar refractivity (Wildman–Crippen MR) is 89.8 cm³/mol. The second-order valence-corrected chi connectivity index (χ2v) is 6.38. The largest absolute Gasteiger partial charge is 0.310 e. The minimum atomic E-state index is 0.416. The van der Waals surface area contributed by atoms with Crippen molar-refractivity contribution >= 4 is 0 Å². The molecule has 0 spiro atoms. The molecule has 0 saturated heterocycles. The first kappa shape index (κ1) is 16.5. The molecule has 1 aromatic heterocycles. The molecular weight excluding hydrogens is 258 g/mol. The summed E-state index contributed by atoms with van der Waals surface area (Å²) in [5.41, 5.74) is 4.27. The van der Waals surface area contributed by atoms with Crippen LogP contribution in [0.1, 0.15) is 95.3 Å². The van der Waals surface area contributed by atoms with Gasteiger partial charge in [-0.1, -0.05) is 46.5 Å². The van der Waals surface area contributed by atoms with Crippen molar-refractivity contribution in [1.82, 2.24) is 15.1 Å². The molecule has 21 heavy (non-hydrogen) atoms. The molecule has 0 radical (unpaired) electrons. The first-order chi connectivity index (χ1) is 10.2. The third kappa shape index (κ3) is 3.68. The van der Waals surface area contributed by atoms with Crippen molar-refractivity contribution in [2.75, 3.05) is 6.54 Å². The van der Waals surface area contributed by atoms with E-state index in [1.807, 2.05) is 0 Å². The van der Waals surface area contributed by atoms with Crippen molar-refractivity contribution < 1.29 is 0 Å². The molecule has 0 aliphatic heterocycles. The Hall–Kier alpha value is -0.830. The minimum absolute atomic E-state index is 0.416. The standard InChI is InChI=1S/C18H33N3/c1-5-16-18(14(4)19-7-3)17(6-2)21(20-16)15-12-10-8-9-11-13-15/h14-15,19H,5-13H2,1-4H3. The van der Waals surface area contributed by atoms with Crippen LogP contribution in [0.15, 0.2) is 0 Å². The fourth-order valence-electron chi connectivity index (χ4n) is 3.86. The Morgan fingerprint density at radius 2 is 1.76 bits per heavy atom. The van der Waals surface area contributed by atoms with Gasteiger partial charge >= 0.3 is 0 Å². The van der Waals surface area contributed by atoms with Crippen molar-refractivity contribution in [2.24, 2.45) is 0 Å². The molecule has 0 aromatic carbocycles. The van der Waals surface area contributed by atoms with Crippen LogP contribution >= 0.6 is 0 Å².